The number of aliphatic hydroxyl groups is 1. The molecular weight excluding hydrogens is 250 g/mol. The van der Waals surface area contributed by atoms with Crippen molar-refractivity contribution in [1.82, 2.24) is 4.90 Å². The first-order chi connectivity index (χ1) is 8.61. The maximum atomic E-state index is 12.4. The maximum Gasteiger partial charge on any atom is 0.254 e. The fraction of sp³-hybridized carbons (Fsp3) is 0.500. The van der Waals surface area contributed by atoms with Crippen LogP contribution in [0.4, 0.5) is 0 Å². The van der Waals surface area contributed by atoms with Gasteiger partial charge < -0.3 is 10.0 Å². The summed E-state index contributed by atoms with van der Waals surface area (Å²) in [7, 11) is 0. The van der Waals surface area contributed by atoms with Gasteiger partial charge >= 0.3 is 0 Å². The molecule has 18 heavy (non-hydrogen) atoms. The normalized spacial score (nSPS) is 19.3. The van der Waals surface area contributed by atoms with E-state index < -0.39 is 0 Å². The van der Waals surface area contributed by atoms with Crippen molar-refractivity contribution in [2.24, 2.45) is 5.92 Å². The van der Waals surface area contributed by atoms with E-state index in [1.165, 1.54) is 0 Å². The summed E-state index contributed by atoms with van der Waals surface area (Å²) in [5.41, 5.74) is 1.64. The Morgan fingerprint density at radius 1 is 1.56 bits per heavy atom. The summed E-state index contributed by atoms with van der Waals surface area (Å²) in [5, 5.41) is 9.52. The number of aliphatic hydroxyl groups excluding tert-OH is 1. The van der Waals surface area contributed by atoms with Crippen molar-refractivity contribution in [1.29, 1.82) is 0 Å². The zero-order valence-corrected chi connectivity index (χ0v) is 11.3. The van der Waals surface area contributed by atoms with E-state index in [9.17, 15) is 4.79 Å². The second-order valence-electron chi connectivity index (χ2n) is 4.88. The van der Waals surface area contributed by atoms with E-state index in [2.05, 4.69) is 0 Å². The Kier molecular flexibility index (Phi) is 4.25. The molecule has 0 bridgehead atoms. The van der Waals surface area contributed by atoms with Gasteiger partial charge in [-0.25, -0.2) is 0 Å². The van der Waals surface area contributed by atoms with E-state index in [0.29, 0.717) is 16.5 Å². The number of hydrogen-bond donors (Lipinski definition) is 1. The van der Waals surface area contributed by atoms with Gasteiger partial charge in [0, 0.05) is 30.3 Å². The third-order valence-electron chi connectivity index (χ3n) is 3.54. The Morgan fingerprint density at radius 2 is 2.33 bits per heavy atom. The number of nitrogens with zero attached hydrogens (tertiary/aromatic N) is 1. The molecular formula is C14H18ClNO2. The van der Waals surface area contributed by atoms with Crippen molar-refractivity contribution in [2.45, 2.75) is 19.8 Å². The summed E-state index contributed by atoms with van der Waals surface area (Å²) in [5.74, 6) is 0.480. The molecule has 1 atom stereocenters. The van der Waals surface area contributed by atoms with E-state index in [1.807, 2.05) is 17.9 Å². The average molecular weight is 268 g/mol. The first kappa shape index (κ1) is 13.4. The zero-order chi connectivity index (χ0) is 13.1. The molecule has 1 aromatic rings. The van der Waals surface area contributed by atoms with E-state index >= 15 is 0 Å². The molecule has 1 aliphatic rings. The van der Waals surface area contributed by atoms with Gasteiger partial charge in [0.2, 0.25) is 0 Å². The van der Waals surface area contributed by atoms with Gasteiger partial charge in [-0.05, 0) is 43.4 Å². The zero-order valence-electron chi connectivity index (χ0n) is 10.5. The highest BCUT2D eigenvalue weighted by Gasteiger charge is 2.27. The minimum atomic E-state index is 0.0513. The highest BCUT2D eigenvalue weighted by molar-refractivity contribution is 6.31. The minimum Gasteiger partial charge on any atom is -0.396 e. The summed E-state index contributed by atoms with van der Waals surface area (Å²) in [6.45, 7) is 3.63. The van der Waals surface area contributed by atoms with Gasteiger partial charge in [0.05, 0.1) is 0 Å². The third kappa shape index (κ3) is 2.85. The molecule has 1 unspecified atom stereocenters. The highest BCUT2D eigenvalue weighted by Crippen LogP contribution is 2.23. The molecule has 1 N–H and O–H groups in total. The van der Waals surface area contributed by atoms with Crippen LogP contribution in [0.5, 0.6) is 0 Å². The molecule has 0 saturated carbocycles. The number of carbonyl (C=O) groups is 1. The van der Waals surface area contributed by atoms with Crippen molar-refractivity contribution in [2.75, 3.05) is 19.7 Å². The van der Waals surface area contributed by atoms with Crippen LogP contribution in [0, 0.1) is 12.8 Å². The summed E-state index contributed by atoms with van der Waals surface area (Å²) in [4.78, 5) is 14.2. The van der Waals surface area contributed by atoms with E-state index in [4.69, 9.17) is 16.7 Å². The van der Waals surface area contributed by atoms with Crippen LogP contribution in [0.15, 0.2) is 18.2 Å². The van der Waals surface area contributed by atoms with Crippen LogP contribution in [0.2, 0.25) is 5.02 Å². The van der Waals surface area contributed by atoms with E-state index in [1.54, 1.807) is 12.1 Å². The van der Waals surface area contributed by atoms with Gasteiger partial charge in [0.15, 0.2) is 0 Å². The molecule has 3 nitrogen and oxygen atoms in total. The van der Waals surface area contributed by atoms with Gasteiger partial charge in [-0.3, -0.25) is 4.79 Å². The number of halogens is 1. The van der Waals surface area contributed by atoms with Crippen molar-refractivity contribution >= 4 is 17.5 Å². The van der Waals surface area contributed by atoms with Crippen LogP contribution < -0.4 is 0 Å². The smallest absolute Gasteiger partial charge is 0.254 e. The Morgan fingerprint density at radius 3 is 3.06 bits per heavy atom. The number of rotatable bonds is 3. The molecule has 4 heteroatoms. The molecule has 0 spiro atoms. The van der Waals surface area contributed by atoms with Gasteiger partial charge in [0.25, 0.3) is 5.91 Å². The number of carbonyl (C=O) groups excluding carboxylic acids is 1. The van der Waals surface area contributed by atoms with E-state index in [-0.39, 0.29) is 12.5 Å². The lowest BCUT2D eigenvalue weighted by atomic mass is 10.1. The predicted octanol–water partition coefficient (Wildman–Crippen LogP) is 2.49. The molecule has 1 amide bonds. The van der Waals surface area contributed by atoms with Gasteiger partial charge in [-0.1, -0.05) is 17.7 Å². The van der Waals surface area contributed by atoms with Crippen molar-refractivity contribution < 1.29 is 9.90 Å². The van der Waals surface area contributed by atoms with Crippen LogP contribution in [0.25, 0.3) is 0 Å². The summed E-state index contributed by atoms with van der Waals surface area (Å²) >= 11 is 5.94. The highest BCUT2D eigenvalue weighted by atomic mass is 35.5. The average Bonchev–Trinajstić information content (AvgIpc) is 2.80. The van der Waals surface area contributed by atoms with E-state index in [0.717, 1.165) is 31.5 Å². The Labute approximate surface area is 112 Å². The van der Waals surface area contributed by atoms with Crippen molar-refractivity contribution in [3.05, 3.63) is 34.3 Å². The first-order valence-corrected chi connectivity index (χ1v) is 6.66. The maximum absolute atomic E-state index is 12.4. The van der Waals surface area contributed by atoms with Gasteiger partial charge in [-0.15, -0.1) is 0 Å². The van der Waals surface area contributed by atoms with Crippen LogP contribution in [0.1, 0.15) is 28.8 Å². The summed E-state index contributed by atoms with van der Waals surface area (Å²) in [6, 6.07) is 5.40. The molecule has 0 aromatic heterocycles. The third-order valence-corrected chi connectivity index (χ3v) is 3.78. The SMILES string of the molecule is Cc1ccc(Cl)cc1C(=O)N1CCC(CCO)C1. The lowest BCUT2D eigenvalue weighted by Crippen LogP contribution is -2.29. The fourth-order valence-electron chi connectivity index (χ4n) is 2.43. The second kappa shape index (κ2) is 5.72. The fourth-order valence-corrected chi connectivity index (χ4v) is 2.60. The van der Waals surface area contributed by atoms with Crippen LogP contribution in [-0.2, 0) is 0 Å². The van der Waals surface area contributed by atoms with Gasteiger partial charge in [-0.2, -0.15) is 0 Å². The molecule has 1 aromatic carbocycles. The number of likely N-dealkylation sites (tertiary alicyclic amines) is 1. The monoisotopic (exact) mass is 267 g/mol. The Balaban J connectivity index is 2.10. The van der Waals surface area contributed by atoms with Crippen LogP contribution in [0.3, 0.4) is 0 Å². The molecule has 1 saturated heterocycles. The molecule has 0 aliphatic carbocycles. The molecule has 1 aliphatic heterocycles. The molecule has 98 valence electrons. The topological polar surface area (TPSA) is 40.5 Å². The largest absolute Gasteiger partial charge is 0.396 e. The molecule has 0 radical (unpaired) electrons. The van der Waals surface area contributed by atoms with Crippen LogP contribution >= 0.6 is 11.6 Å². The molecule has 1 fully saturated rings. The minimum absolute atomic E-state index is 0.0513. The van der Waals surface area contributed by atoms with Crippen molar-refractivity contribution in [3.63, 3.8) is 0 Å². The lowest BCUT2D eigenvalue weighted by molar-refractivity contribution is 0.0784. The number of benzene rings is 1. The Bertz CT molecular complexity index is 447. The van der Waals surface area contributed by atoms with Crippen LogP contribution in [-0.4, -0.2) is 35.6 Å². The molecule has 1 heterocycles. The first-order valence-electron chi connectivity index (χ1n) is 6.28. The summed E-state index contributed by atoms with van der Waals surface area (Å²) < 4.78 is 0. The standard InChI is InChI=1S/C14H18ClNO2/c1-10-2-3-12(15)8-13(10)14(18)16-6-4-11(9-16)5-7-17/h2-3,8,11,17H,4-7,9H2,1H3. The predicted molar refractivity (Wildman–Crippen MR) is 71.9 cm³/mol. The summed E-state index contributed by atoms with van der Waals surface area (Å²) in [6.07, 6.45) is 1.75. The number of hydrogen-bond acceptors (Lipinski definition) is 2. The molecule has 2 rings (SSSR count). The lowest BCUT2D eigenvalue weighted by Gasteiger charge is -2.18. The second-order valence-corrected chi connectivity index (χ2v) is 5.31. The Hall–Kier alpha value is -1.06. The van der Waals surface area contributed by atoms with Gasteiger partial charge in [0.1, 0.15) is 0 Å². The quantitative estimate of drug-likeness (QED) is 0.914. The van der Waals surface area contributed by atoms with Crippen molar-refractivity contribution in [3.8, 4) is 0 Å². The number of aryl methyl sites for hydroxylation is 1. The number of amides is 1.